The first-order valence-corrected chi connectivity index (χ1v) is 7.92. The summed E-state index contributed by atoms with van der Waals surface area (Å²) in [4.78, 5) is 0. The van der Waals surface area contributed by atoms with E-state index in [1.807, 2.05) is 6.07 Å². The van der Waals surface area contributed by atoms with Gasteiger partial charge in [0, 0.05) is 19.6 Å². The van der Waals surface area contributed by atoms with Gasteiger partial charge in [0.25, 0.3) is 0 Å². The van der Waals surface area contributed by atoms with E-state index >= 15 is 0 Å². The van der Waals surface area contributed by atoms with Crippen molar-refractivity contribution in [3.05, 3.63) is 34.4 Å². The van der Waals surface area contributed by atoms with Crippen molar-refractivity contribution in [2.24, 2.45) is 5.73 Å². The van der Waals surface area contributed by atoms with Crippen LogP contribution in [0.2, 0.25) is 0 Å². The molecule has 1 aromatic carbocycles. The van der Waals surface area contributed by atoms with E-state index in [2.05, 4.69) is 11.4 Å². The van der Waals surface area contributed by atoms with Crippen molar-refractivity contribution >= 4 is 0 Å². The zero-order valence-corrected chi connectivity index (χ0v) is 13.8. The smallest absolute Gasteiger partial charge is 0.0636 e. The summed E-state index contributed by atoms with van der Waals surface area (Å²) in [6, 6.07) is 4.09. The van der Waals surface area contributed by atoms with Gasteiger partial charge >= 0.3 is 0 Å². The molecule has 126 valence electrons. The van der Waals surface area contributed by atoms with Crippen LogP contribution in [0.1, 0.15) is 43.0 Å². The number of rotatable bonds is 9. The second-order valence-corrected chi connectivity index (χ2v) is 6.18. The van der Waals surface area contributed by atoms with E-state index in [1.165, 1.54) is 0 Å². The fourth-order valence-electron chi connectivity index (χ4n) is 2.58. The maximum Gasteiger partial charge on any atom is 0.0636 e. The summed E-state index contributed by atoms with van der Waals surface area (Å²) in [5.74, 6) is 0. The molecule has 0 spiro atoms. The fourth-order valence-corrected chi connectivity index (χ4v) is 2.58. The number of hydrogen-bond donors (Lipinski definition) is 5. The molecule has 0 heterocycles. The van der Waals surface area contributed by atoms with Gasteiger partial charge in [0.2, 0.25) is 0 Å². The number of nitrogens with two attached hydrogens (primary N) is 1. The Morgan fingerprint density at radius 1 is 0.864 bits per heavy atom. The van der Waals surface area contributed by atoms with Crippen LogP contribution in [-0.2, 0) is 25.9 Å². The topological polar surface area (TPSA) is 98.7 Å². The summed E-state index contributed by atoms with van der Waals surface area (Å²) >= 11 is 0. The highest BCUT2D eigenvalue weighted by Gasteiger charge is 2.13. The van der Waals surface area contributed by atoms with Crippen molar-refractivity contribution in [2.45, 2.75) is 65.0 Å². The Morgan fingerprint density at radius 2 is 1.36 bits per heavy atom. The van der Waals surface area contributed by atoms with Gasteiger partial charge < -0.3 is 26.4 Å². The molecule has 3 unspecified atom stereocenters. The highest BCUT2D eigenvalue weighted by Crippen LogP contribution is 2.20. The normalized spacial score (nSPS) is 15.6. The van der Waals surface area contributed by atoms with Crippen molar-refractivity contribution in [3.8, 4) is 0 Å². The lowest BCUT2D eigenvalue weighted by molar-refractivity contribution is 0.189. The van der Waals surface area contributed by atoms with Crippen LogP contribution in [0, 0.1) is 0 Å². The molecule has 6 N–H and O–H groups in total. The monoisotopic (exact) mass is 310 g/mol. The highest BCUT2D eigenvalue weighted by molar-refractivity contribution is 5.39. The van der Waals surface area contributed by atoms with E-state index < -0.39 is 18.3 Å². The maximum atomic E-state index is 9.69. The first-order valence-electron chi connectivity index (χ1n) is 7.92. The maximum absolute atomic E-state index is 9.69. The van der Waals surface area contributed by atoms with Gasteiger partial charge in [-0.1, -0.05) is 12.1 Å². The molecule has 5 heteroatoms. The molecular weight excluding hydrogens is 280 g/mol. The number of nitrogens with one attached hydrogen (secondary N) is 1. The van der Waals surface area contributed by atoms with E-state index in [9.17, 15) is 15.3 Å². The van der Waals surface area contributed by atoms with Gasteiger partial charge in [-0.25, -0.2) is 0 Å². The second kappa shape index (κ2) is 9.22. The summed E-state index contributed by atoms with van der Waals surface area (Å²) in [5.41, 5.74) is 10.0. The standard InChI is InChI=1S/C17H30N2O3/c1-11(20)4-14-7-17(10-19-9-13(3)22)15(5-12(2)21)6-16(14)8-18/h6-7,11-13,19-22H,4-5,8-10,18H2,1-3H3. The van der Waals surface area contributed by atoms with E-state index in [4.69, 9.17) is 5.73 Å². The lowest BCUT2D eigenvalue weighted by atomic mass is 9.92. The Morgan fingerprint density at radius 3 is 1.82 bits per heavy atom. The number of benzene rings is 1. The SMILES string of the molecule is CC(O)CNCc1cc(CC(C)O)c(CN)cc1CC(C)O. The fraction of sp³-hybridized carbons (Fsp3) is 0.647. The zero-order chi connectivity index (χ0) is 16.7. The van der Waals surface area contributed by atoms with Crippen molar-refractivity contribution in [2.75, 3.05) is 6.54 Å². The van der Waals surface area contributed by atoms with Gasteiger partial charge in [0.05, 0.1) is 18.3 Å². The number of aliphatic hydroxyl groups is 3. The molecule has 0 bridgehead atoms. The first kappa shape index (κ1) is 19.1. The van der Waals surface area contributed by atoms with E-state index in [0.717, 1.165) is 22.3 Å². The predicted molar refractivity (Wildman–Crippen MR) is 88.5 cm³/mol. The Bertz CT molecular complexity index is 459. The van der Waals surface area contributed by atoms with Gasteiger partial charge in [0.1, 0.15) is 0 Å². The molecule has 1 rings (SSSR count). The van der Waals surface area contributed by atoms with Crippen LogP contribution in [-0.4, -0.2) is 40.2 Å². The zero-order valence-electron chi connectivity index (χ0n) is 13.8. The van der Waals surface area contributed by atoms with E-state index in [-0.39, 0.29) is 0 Å². The first-order chi connectivity index (χ1) is 10.3. The van der Waals surface area contributed by atoms with Gasteiger partial charge in [-0.2, -0.15) is 0 Å². The third-order valence-electron chi connectivity index (χ3n) is 3.53. The molecule has 0 saturated carbocycles. The van der Waals surface area contributed by atoms with E-state index in [0.29, 0.717) is 32.5 Å². The molecule has 0 aliphatic heterocycles. The highest BCUT2D eigenvalue weighted by atomic mass is 16.3. The Balaban J connectivity index is 3.05. The van der Waals surface area contributed by atoms with Crippen LogP contribution in [0.25, 0.3) is 0 Å². The Hall–Kier alpha value is -0.980. The minimum Gasteiger partial charge on any atom is -0.393 e. The molecule has 0 aliphatic rings. The molecule has 0 amide bonds. The van der Waals surface area contributed by atoms with Gasteiger partial charge in [-0.05, 0) is 55.9 Å². The average molecular weight is 310 g/mol. The molecule has 22 heavy (non-hydrogen) atoms. The van der Waals surface area contributed by atoms with Crippen LogP contribution < -0.4 is 11.1 Å². The molecule has 0 fully saturated rings. The predicted octanol–water partition coefficient (Wildman–Crippen LogP) is 0.462. The van der Waals surface area contributed by atoms with Crippen LogP contribution in [0.5, 0.6) is 0 Å². The molecule has 0 aliphatic carbocycles. The van der Waals surface area contributed by atoms with Crippen molar-refractivity contribution in [1.82, 2.24) is 5.32 Å². The van der Waals surface area contributed by atoms with Gasteiger partial charge in [-0.15, -0.1) is 0 Å². The third-order valence-corrected chi connectivity index (χ3v) is 3.53. The van der Waals surface area contributed by atoms with Crippen LogP contribution in [0.15, 0.2) is 12.1 Å². The summed E-state index contributed by atoms with van der Waals surface area (Å²) < 4.78 is 0. The quantitative estimate of drug-likeness (QED) is 0.456. The largest absolute Gasteiger partial charge is 0.393 e. The Labute approximate surface area is 133 Å². The minimum absolute atomic E-state index is 0.402. The molecule has 5 nitrogen and oxygen atoms in total. The van der Waals surface area contributed by atoms with Gasteiger partial charge in [-0.3, -0.25) is 0 Å². The lowest BCUT2D eigenvalue weighted by Gasteiger charge is -2.18. The van der Waals surface area contributed by atoms with Gasteiger partial charge in [0.15, 0.2) is 0 Å². The lowest BCUT2D eigenvalue weighted by Crippen LogP contribution is -2.25. The van der Waals surface area contributed by atoms with Crippen molar-refractivity contribution in [1.29, 1.82) is 0 Å². The van der Waals surface area contributed by atoms with Crippen molar-refractivity contribution < 1.29 is 15.3 Å². The molecule has 0 radical (unpaired) electrons. The molecule has 0 saturated heterocycles. The average Bonchev–Trinajstić information content (AvgIpc) is 2.39. The molecule has 3 atom stereocenters. The number of aliphatic hydroxyl groups excluding tert-OH is 3. The summed E-state index contributed by atoms with van der Waals surface area (Å²) in [7, 11) is 0. The molecular formula is C17H30N2O3. The van der Waals surface area contributed by atoms with E-state index in [1.54, 1.807) is 20.8 Å². The minimum atomic E-state index is -0.427. The van der Waals surface area contributed by atoms with Crippen molar-refractivity contribution in [3.63, 3.8) is 0 Å². The second-order valence-electron chi connectivity index (χ2n) is 6.18. The Kier molecular flexibility index (Phi) is 8.00. The van der Waals surface area contributed by atoms with Crippen LogP contribution >= 0.6 is 0 Å². The van der Waals surface area contributed by atoms with Crippen LogP contribution in [0.3, 0.4) is 0 Å². The summed E-state index contributed by atoms with van der Waals surface area (Å²) in [5, 5.41) is 31.9. The number of hydrogen-bond acceptors (Lipinski definition) is 5. The summed E-state index contributed by atoms with van der Waals surface area (Å²) in [6.07, 6.45) is -0.131. The van der Waals surface area contributed by atoms with Crippen LogP contribution in [0.4, 0.5) is 0 Å². The molecule has 0 aromatic heterocycles. The summed E-state index contributed by atoms with van der Waals surface area (Å²) in [6.45, 7) is 6.80. The molecule has 1 aromatic rings. The third kappa shape index (κ3) is 6.42.